The van der Waals surface area contributed by atoms with Crippen molar-refractivity contribution >= 4 is 17.4 Å². The minimum absolute atomic E-state index is 0.0652. The highest BCUT2D eigenvalue weighted by Gasteiger charge is 2.45. The number of aliphatic hydroxyl groups is 1. The van der Waals surface area contributed by atoms with E-state index in [2.05, 4.69) is 4.98 Å². The van der Waals surface area contributed by atoms with Crippen LogP contribution in [-0.4, -0.2) is 51.5 Å². The van der Waals surface area contributed by atoms with E-state index < -0.39 is 17.7 Å². The third kappa shape index (κ3) is 5.21. The van der Waals surface area contributed by atoms with Crippen LogP contribution in [-0.2, 0) is 16.1 Å². The molecule has 0 radical (unpaired) electrons. The van der Waals surface area contributed by atoms with Crippen molar-refractivity contribution in [3.8, 4) is 11.5 Å². The Balaban J connectivity index is 1.72. The maximum absolute atomic E-state index is 13.2. The van der Waals surface area contributed by atoms with Crippen molar-refractivity contribution in [1.82, 2.24) is 14.5 Å². The average molecular weight is 476 g/mol. The summed E-state index contributed by atoms with van der Waals surface area (Å²) in [5.41, 5.74) is 1.21. The van der Waals surface area contributed by atoms with Gasteiger partial charge in [0.05, 0.1) is 31.7 Å². The van der Waals surface area contributed by atoms with Crippen LogP contribution in [0.3, 0.4) is 0 Å². The fraction of sp³-hybridized carbons (Fsp3) is 0.296. The van der Waals surface area contributed by atoms with E-state index in [0.29, 0.717) is 48.7 Å². The van der Waals surface area contributed by atoms with Crippen LogP contribution in [0.5, 0.6) is 11.5 Å². The van der Waals surface area contributed by atoms with Crippen molar-refractivity contribution in [3.63, 3.8) is 0 Å². The van der Waals surface area contributed by atoms with Crippen molar-refractivity contribution in [2.75, 3.05) is 20.3 Å². The third-order valence-electron chi connectivity index (χ3n) is 5.92. The zero-order valence-electron chi connectivity index (χ0n) is 19.9. The molecule has 1 aliphatic heterocycles. The minimum atomic E-state index is -0.731. The molecule has 1 aromatic heterocycles. The maximum atomic E-state index is 13.2. The summed E-state index contributed by atoms with van der Waals surface area (Å²) in [6.45, 7) is 3.56. The van der Waals surface area contributed by atoms with Gasteiger partial charge in [0.2, 0.25) is 0 Å². The Morgan fingerprint density at radius 1 is 1.09 bits per heavy atom. The summed E-state index contributed by atoms with van der Waals surface area (Å²) in [5.74, 6) is -0.272. The van der Waals surface area contributed by atoms with Gasteiger partial charge < -0.3 is 24.0 Å². The average Bonchev–Trinajstić information content (AvgIpc) is 3.49. The number of carbonyl (C=O) groups is 2. The number of imidazole rings is 1. The van der Waals surface area contributed by atoms with E-state index in [1.54, 1.807) is 43.9 Å². The topological polar surface area (TPSA) is 93.9 Å². The first-order chi connectivity index (χ1) is 17.0. The second-order valence-electron chi connectivity index (χ2n) is 8.30. The number of hydrogen-bond acceptors (Lipinski definition) is 6. The zero-order valence-corrected chi connectivity index (χ0v) is 19.9. The number of methoxy groups -OCH3 is 1. The van der Waals surface area contributed by atoms with E-state index in [0.717, 1.165) is 6.42 Å². The molecule has 4 rings (SSSR count). The Labute approximate surface area is 204 Å². The highest BCUT2D eigenvalue weighted by Crippen LogP contribution is 2.40. The summed E-state index contributed by atoms with van der Waals surface area (Å²) in [5, 5.41) is 11.2. The van der Waals surface area contributed by atoms with E-state index in [9.17, 15) is 14.7 Å². The zero-order chi connectivity index (χ0) is 24.8. The number of nitrogens with zero attached hydrogens (tertiary/aromatic N) is 3. The number of Topliss-reactive ketones (excluding diaryl/α,β-unsaturated/α-hetero) is 1. The Kier molecular flexibility index (Phi) is 7.50. The van der Waals surface area contributed by atoms with Crippen molar-refractivity contribution in [1.29, 1.82) is 0 Å². The Bertz CT molecular complexity index is 1200. The van der Waals surface area contributed by atoms with Crippen LogP contribution in [0.2, 0.25) is 0 Å². The van der Waals surface area contributed by atoms with Gasteiger partial charge in [0.15, 0.2) is 0 Å². The first kappa shape index (κ1) is 24.1. The lowest BCUT2D eigenvalue weighted by Crippen LogP contribution is -2.31. The van der Waals surface area contributed by atoms with Crippen molar-refractivity contribution in [2.45, 2.75) is 32.4 Å². The summed E-state index contributed by atoms with van der Waals surface area (Å²) >= 11 is 0. The predicted octanol–water partition coefficient (Wildman–Crippen LogP) is 4.19. The molecule has 1 saturated heterocycles. The first-order valence-corrected chi connectivity index (χ1v) is 11.6. The highest BCUT2D eigenvalue weighted by molar-refractivity contribution is 6.46. The quantitative estimate of drug-likeness (QED) is 0.268. The number of aromatic nitrogens is 2. The maximum Gasteiger partial charge on any atom is 0.295 e. The molecule has 1 amide bonds. The van der Waals surface area contributed by atoms with Crippen molar-refractivity contribution in [3.05, 3.63) is 84.0 Å². The molecule has 1 N–H and O–H groups in total. The van der Waals surface area contributed by atoms with Gasteiger partial charge in [-0.15, -0.1) is 0 Å². The van der Waals surface area contributed by atoms with Crippen LogP contribution < -0.4 is 9.47 Å². The molecule has 1 fully saturated rings. The molecule has 0 aliphatic carbocycles. The molecule has 1 aliphatic rings. The molecule has 0 bridgehead atoms. The van der Waals surface area contributed by atoms with Gasteiger partial charge in [0.1, 0.15) is 17.3 Å². The van der Waals surface area contributed by atoms with Gasteiger partial charge in [0.25, 0.3) is 11.7 Å². The lowest BCUT2D eigenvalue weighted by atomic mass is 9.95. The van der Waals surface area contributed by atoms with E-state index >= 15 is 0 Å². The van der Waals surface area contributed by atoms with E-state index in [-0.39, 0.29) is 11.3 Å². The summed E-state index contributed by atoms with van der Waals surface area (Å²) < 4.78 is 12.9. The Hall–Kier alpha value is -4.07. The second kappa shape index (κ2) is 10.9. The van der Waals surface area contributed by atoms with Gasteiger partial charge in [-0.25, -0.2) is 4.98 Å². The number of likely N-dealkylation sites (tertiary alicyclic amines) is 1. The van der Waals surface area contributed by atoms with Gasteiger partial charge in [0, 0.05) is 31.0 Å². The summed E-state index contributed by atoms with van der Waals surface area (Å²) in [6.07, 6.45) is 6.74. The van der Waals surface area contributed by atoms with E-state index in [4.69, 9.17) is 9.47 Å². The normalized spacial score (nSPS) is 17.1. The molecule has 182 valence electrons. The van der Waals surface area contributed by atoms with Gasteiger partial charge >= 0.3 is 0 Å². The molecule has 0 saturated carbocycles. The van der Waals surface area contributed by atoms with Gasteiger partial charge in [-0.05, 0) is 54.8 Å². The number of aryl methyl sites for hydroxylation is 1. The van der Waals surface area contributed by atoms with Crippen molar-refractivity contribution in [2.24, 2.45) is 0 Å². The largest absolute Gasteiger partial charge is 0.507 e. The molecule has 2 aromatic carbocycles. The molecular formula is C27H29N3O5. The SMILES string of the molecule is CCCOc1cccc([C@H]2C(=C(O)c3ccc(OC)cc3)C(=O)C(=O)N2CCCn2ccnc2)c1. The van der Waals surface area contributed by atoms with Crippen LogP contribution >= 0.6 is 0 Å². The summed E-state index contributed by atoms with van der Waals surface area (Å²) in [6, 6.07) is 13.3. The number of aliphatic hydroxyl groups excluding tert-OH is 1. The van der Waals surface area contributed by atoms with Crippen LogP contribution in [0.4, 0.5) is 0 Å². The Morgan fingerprint density at radius 3 is 2.57 bits per heavy atom. The van der Waals surface area contributed by atoms with E-state index in [1.165, 1.54) is 4.90 Å². The lowest BCUT2D eigenvalue weighted by Gasteiger charge is -2.26. The van der Waals surface area contributed by atoms with Crippen molar-refractivity contribution < 1.29 is 24.2 Å². The number of benzene rings is 2. The van der Waals surface area contributed by atoms with Gasteiger partial charge in [-0.2, -0.15) is 0 Å². The van der Waals surface area contributed by atoms with Gasteiger partial charge in [-0.3, -0.25) is 9.59 Å². The van der Waals surface area contributed by atoms with Crippen LogP contribution in [0.25, 0.3) is 5.76 Å². The van der Waals surface area contributed by atoms with Gasteiger partial charge in [-0.1, -0.05) is 19.1 Å². The number of amides is 1. The molecule has 8 heteroatoms. The molecular weight excluding hydrogens is 446 g/mol. The molecule has 0 unspecified atom stereocenters. The second-order valence-corrected chi connectivity index (χ2v) is 8.30. The predicted molar refractivity (Wildman–Crippen MR) is 131 cm³/mol. The number of ketones is 1. The first-order valence-electron chi connectivity index (χ1n) is 11.6. The number of rotatable bonds is 10. The molecule has 0 spiro atoms. The fourth-order valence-corrected chi connectivity index (χ4v) is 4.20. The smallest absolute Gasteiger partial charge is 0.295 e. The Morgan fingerprint density at radius 2 is 1.89 bits per heavy atom. The number of ether oxygens (including phenoxy) is 2. The van der Waals surface area contributed by atoms with Crippen LogP contribution in [0.1, 0.15) is 36.9 Å². The van der Waals surface area contributed by atoms with E-state index in [1.807, 2.05) is 42.0 Å². The van der Waals surface area contributed by atoms with Crippen LogP contribution in [0, 0.1) is 0 Å². The minimum Gasteiger partial charge on any atom is -0.507 e. The number of hydrogen-bond donors (Lipinski definition) is 1. The standard InChI is InChI=1S/C27H29N3O5/c1-3-16-35-22-7-4-6-20(17-22)24-23(25(31)19-8-10-21(34-2)11-9-19)26(32)27(33)30(24)14-5-13-29-15-12-28-18-29/h4,6-12,15,17-18,24,31H,3,5,13-14,16H2,1-2H3/t24-/m0/s1. The summed E-state index contributed by atoms with van der Waals surface area (Å²) in [4.78, 5) is 31.9. The molecule has 1 atom stereocenters. The molecule has 3 aromatic rings. The summed E-state index contributed by atoms with van der Waals surface area (Å²) in [7, 11) is 1.55. The molecule has 35 heavy (non-hydrogen) atoms. The highest BCUT2D eigenvalue weighted by atomic mass is 16.5. The lowest BCUT2D eigenvalue weighted by molar-refractivity contribution is -0.139. The number of carbonyl (C=O) groups excluding carboxylic acids is 2. The van der Waals surface area contributed by atoms with Crippen LogP contribution in [0.15, 0.2) is 72.8 Å². The molecule has 8 nitrogen and oxygen atoms in total. The fourth-order valence-electron chi connectivity index (χ4n) is 4.20. The third-order valence-corrected chi connectivity index (χ3v) is 5.92. The molecule has 2 heterocycles. The monoisotopic (exact) mass is 475 g/mol.